The Kier molecular flexibility index (Phi) is 4.80. The van der Waals surface area contributed by atoms with Crippen molar-refractivity contribution < 1.29 is 9.90 Å². The van der Waals surface area contributed by atoms with Gasteiger partial charge < -0.3 is 10.4 Å². The smallest absolute Gasteiger partial charge is 0.265 e. The van der Waals surface area contributed by atoms with E-state index >= 15 is 0 Å². The van der Waals surface area contributed by atoms with Gasteiger partial charge in [-0.2, -0.15) is 0 Å². The molecule has 2 aromatic rings. The largest absolute Gasteiger partial charge is 0.384 e. The summed E-state index contributed by atoms with van der Waals surface area (Å²) in [5, 5.41) is 11.6. The molecule has 1 aromatic heterocycles. The summed E-state index contributed by atoms with van der Waals surface area (Å²) in [6, 6.07) is 8.91. The van der Waals surface area contributed by atoms with E-state index in [9.17, 15) is 4.79 Å². The summed E-state index contributed by atoms with van der Waals surface area (Å²) in [5.74, 6) is 5.19. The lowest BCUT2D eigenvalue weighted by atomic mass is 10.1. The molecule has 2 N–H and O–H groups in total. The number of carbonyl (C=O) groups excluding carboxylic acids is 1. The number of hydrogen-bond acceptors (Lipinski definition) is 3. The van der Waals surface area contributed by atoms with E-state index < -0.39 is 0 Å². The summed E-state index contributed by atoms with van der Waals surface area (Å²) in [6.07, 6.45) is 0. The zero-order chi connectivity index (χ0) is 14.5. The van der Waals surface area contributed by atoms with Crippen LogP contribution in [0.5, 0.6) is 0 Å². The first-order valence-electron chi connectivity index (χ1n) is 5.87. The van der Waals surface area contributed by atoms with Gasteiger partial charge in [-0.3, -0.25) is 4.79 Å². The van der Waals surface area contributed by atoms with Crippen LogP contribution in [-0.4, -0.2) is 17.6 Å². The molecule has 1 aromatic carbocycles. The number of nitrogens with one attached hydrogen (secondary N) is 1. The topological polar surface area (TPSA) is 49.3 Å². The zero-order valence-corrected chi connectivity index (χ0v) is 12.3. The first kappa shape index (κ1) is 14.6. The standard InChI is InChI=1S/C15H12ClNO2S/c1-10-4-5-12(11(9-10)3-2-8-18)17-15(19)13-6-7-14(16)20-13/h4-7,9,18H,8H2,1H3,(H,17,19). The number of carbonyl (C=O) groups is 1. The molecule has 20 heavy (non-hydrogen) atoms. The fourth-order valence-corrected chi connectivity index (χ4v) is 2.56. The van der Waals surface area contributed by atoms with Crippen LogP contribution in [0.3, 0.4) is 0 Å². The Morgan fingerprint density at radius 2 is 2.20 bits per heavy atom. The summed E-state index contributed by atoms with van der Waals surface area (Å²) in [6.45, 7) is 1.72. The number of aryl methyl sites for hydroxylation is 1. The number of thiophene rings is 1. The van der Waals surface area contributed by atoms with E-state index in [0.29, 0.717) is 20.5 Å². The molecular formula is C15H12ClNO2S. The highest BCUT2D eigenvalue weighted by Gasteiger charge is 2.10. The predicted molar refractivity (Wildman–Crippen MR) is 82.4 cm³/mol. The third kappa shape index (κ3) is 3.61. The first-order chi connectivity index (χ1) is 9.60. The van der Waals surface area contributed by atoms with Gasteiger partial charge in [0.15, 0.2) is 0 Å². The van der Waals surface area contributed by atoms with E-state index in [2.05, 4.69) is 17.2 Å². The van der Waals surface area contributed by atoms with Crippen molar-refractivity contribution >= 4 is 34.5 Å². The molecule has 0 aliphatic carbocycles. The van der Waals surface area contributed by atoms with Crippen LogP contribution in [0.15, 0.2) is 30.3 Å². The second-order valence-electron chi connectivity index (χ2n) is 4.07. The molecule has 0 aliphatic heterocycles. The molecular weight excluding hydrogens is 294 g/mol. The minimum Gasteiger partial charge on any atom is -0.384 e. The third-order valence-electron chi connectivity index (χ3n) is 2.52. The van der Waals surface area contributed by atoms with Gasteiger partial charge in [0.2, 0.25) is 0 Å². The average molecular weight is 306 g/mol. The number of amides is 1. The molecule has 1 heterocycles. The van der Waals surface area contributed by atoms with Crippen LogP contribution >= 0.6 is 22.9 Å². The number of aliphatic hydroxyl groups excluding tert-OH is 1. The van der Waals surface area contributed by atoms with Gasteiger partial charge >= 0.3 is 0 Å². The van der Waals surface area contributed by atoms with Crippen molar-refractivity contribution in [2.45, 2.75) is 6.92 Å². The summed E-state index contributed by atoms with van der Waals surface area (Å²) in [7, 11) is 0. The maximum absolute atomic E-state index is 12.1. The van der Waals surface area contributed by atoms with Gasteiger partial charge in [0.1, 0.15) is 6.61 Å². The van der Waals surface area contributed by atoms with E-state index in [-0.39, 0.29) is 12.5 Å². The number of benzene rings is 1. The molecule has 2 rings (SSSR count). The number of halogens is 1. The molecule has 0 bridgehead atoms. The predicted octanol–water partition coefficient (Wildman–Crippen LogP) is 3.31. The van der Waals surface area contributed by atoms with Crippen LogP contribution in [-0.2, 0) is 0 Å². The summed E-state index contributed by atoms with van der Waals surface area (Å²) in [4.78, 5) is 12.6. The summed E-state index contributed by atoms with van der Waals surface area (Å²) < 4.78 is 0.569. The van der Waals surface area contributed by atoms with E-state index in [1.807, 2.05) is 19.1 Å². The van der Waals surface area contributed by atoms with Crippen LogP contribution in [0, 0.1) is 18.8 Å². The molecule has 3 nitrogen and oxygen atoms in total. The van der Waals surface area contributed by atoms with Crippen LogP contribution in [0.4, 0.5) is 5.69 Å². The Labute approximate surface area is 126 Å². The van der Waals surface area contributed by atoms with Crippen molar-refractivity contribution in [1.82, 2.24) is 0 Å². The maximum Gasteiger partial charge on any atom is 0.265 e. The molecule has 0 radical (unpaired) electrons. The van der Waals surface area contributed by atoms with Gasteiger partial charge in [-0.25, -0.2) is 0 Å². The van der Waals surface area contributed by atoms with Gasteiger partial charge in [0.05, 0.1) is 14.9 Å². The van der Waals surface area contributed by atoms with Gasteiger partial charge in [0, 0.05) is 5.56 Å². The highest BCUT2D eigenvalue weighted by atomic mass is 35.5. The van der Waals surface area contributed by atoms with Crippen LogP contribution in [0.2, 0.25) is 4.34 Å². The van der Waals surface area contributed by atoms with E-state index in [1.54, 1.807) is 18.2 Å². The van der Waals surface area contributed by atoms with Gasteiger partial charge in [-0.05, 0) is 36.8 Å². The average Bonchev–Trinajstić information content (AvgIpc) is 2.85. The Balaban J connectivity index is 2.26. The minimum atomic E-state index is -0.224. The highest BCUT2D eigenvalue weighted by Crippen LogP contribution is 2.23. The molecule has 1 amide bonds. The Morgan fingerprint density at radius 3 is 2.85 bits per heavy atom. The molecule has 0 spiro atoms. The van der Waals surface area contributed by atoms with Gasteiger partial charge in [-0.1, -0.05) is 29.5 Å². The number of anilines is 1. The SMILES string of the molecule is Cc1ccc(NC(=O)c2ccc(Cl)s2)c(C#CCO)c1. The second-order valence-corrected chi connectivity index (χ2v) is 5.78. The van der Waals surface area contributed by atoms with Crippen molar-refractivity contribution in [3.05, 3.63) is 50.7 Å². The number of hydrogen-bond donors (Lipinski definition) is 2. The summed E-state index contributed by atoms with van der Waals surface area (Å²) >= 11 is 7.04. The lowest BCUT2D eigenvalue weighted by Crippen LogP contribution is -2.11. The number of rotatable bonds is 2. The quantitative estimate of drug-likeness (QED) is 0.836. The minimum absolute atomic E-state index is 0.220. The molecule has 0 aliphatic rings. The fraction of sp³-hybridized carbons (Fsp3) is 0.133. The van der Waals surface area contributed by atoms with Crippen LogP contribution < -0.4 is 5.32 Å². The molecule has 0 saturated heterocycles. The molecule has 0 unspecified atom stereocenters. The second kappa shape index (κ2) is 6.58. The fourth-order valence-electron chi connectivity index (χ4n) is 1.63. The van der Waals surface area contributed by atoms with Crippen LogP contribution in [0.1, 0.15) is 20.8 Å². The van der Waals surface area contributed by atoms with Gasteiger partial charge in [0.25, 0.3) is 5.91 Å². The van der Waals surface area contributed by atoms with Gasteiger partial charge in [-0.15, -0.1) is 11.3 Å². The lowest BCUT2D eigenvalue weighted by Gasteiger charge is -2.07. The monoisotopic (exact) mass is 305 g/mol. The Bertz CT molecular complexity index is 697. The molecule has 102 valence electrons. The van der Waals surface area contributed by atoms with Crippen molar-refractivity contribution in [2.75, 3.05) is 11.9 Å². The Morgan fingerprint density at radius 1 is 1.40 bits per heavy atom. The van der Waals surface area contributed by atoms with E-state index in [1.165, 1.54) is 11.3 Å². The van der Waals surface area contributed by atoms with E-state index in [4.69, 9.17) is 16.7 Å². The zero-order valence-electron chi connectivity index (χ0n) is 10.7. The Hall–Kier alpha value is -1.80. The molecule has 0 fully saturated rings. The maximum atomic E-state index is 12.1. The number of aliphatic hydroxyl groups is 1. The molecule has 0 atom stereocenters. The molecule has 0 saturated carbocycles. The van der Waals surface area contributed by atoms with Crippen molar-refractivity contribution in [3.8, 4) is 11.8 Å². The molecule has 5 heteroatoms. The van der Waals surface area contributed by atoms with Crippen molar-refractivity contribution in [1.29, 1.82) is 0 Å². The highest BCUT2D eigenvalue weighted by molar-refractivity contribution is 7.18. The van der Waals surface area contributed by atoms with Crippen molar-refractivity contribution in [3.63, 3.8) is 0 Å². The normalized spacial score (nSPS) is 9.75. The first-order valence-corrected chi connectivity index (χ1v) is 7.06. The summed E-state index contributed by atoms with van der Waals surface area (Å²) in [5.41, 5.74) is 2.32. The van der Waals surface area contributed by atoms with Crippen molar-refractivity contribution in [2.24, 2.45) is 0 Å². The van der Waals surface area contributed by atoms with Crippen LogP contribution in [0.25, 0.3) is 0 Å². The third-order valence-corrected chi connectivity index (χ3v) is 3.75. The van der Waals surface area contributed by atoms with E-state index in [0.717, 1.165) is 5.56 Å². The lowest BCUT2D eigenvalue weighted by molar-refractivity contribution is 0.103.